The zero-order valence-electron chi connectivity index (χ0n) is 9.94. The Labute approximate surface area is 101 Å². The minimum Gasteiger partial charge on any atom is -0.273 e. The van der Waals surface area contributed by atoms with Crippen LogP contribution in [0.1, 0.15) is 38.3 Å². The van der Waals surface area contributed by atoms with Gasteiger partial charge in [-0.2, -0.15) is 16.9 Å². The van der Waals surface area contributed by atoms with Gasteiger partial charge in [0.15, 0.2) is 0 Å². The molecule has 2 heterocycles. The zero-order valence-corrected chi connectivity index (χ0v) is 10.8. The summed E-state index contributed by atoms with van der Waals surface area (Å²) in [6.45, 7) is 5.29. The number of rotatable bonds is 4. The Kier molecular flexibility index (Phi) is 3.56. The van der Waals surface area contributed by atoms with Crippen molar-refractivity contribution in [3.63, 3.8) is 0 Å². The molecule has 1 fully saturated rings. The van der Waals surface area contributed by atoms with Gasteiger partial charge in [0, 0.05) is 23.1 Å². The van der Waals surface area contributed by atoms with Gasteiger partial charge in [0.05, 0.1) is 12.2 Å². The minimum absolute atomic E-state index is 0.195. The minimum atomic E-state index is 0.195. The molecule has 2 atom stereocenters. The van der Waals surface area contributed by atoms with E-state index < -0.39 is 0 Å². The molecule has 16 heavy (non-hydrogen) atoms. The second-order valence-electron chi connectivity index (χ2n) is 4.49. The third-order valence-electron chi connectivity index (χ3n) is 3.34. The molecule has 1 aromatic heterocycles. The first-order chi connectivity index (χ1) is 7.69. The fourth-order valence-electron chi connectivity index (χ4n) is 2.35. The molecule has 0 amide bonds. The van der Waals surface area contributed by atoms with Crippen LogP contribution in [0, 0.1) is 0 Å². The van der Waals surface area contributed by atoms with Gasteiger partial charge >= 0.3 is 0 Å². The molecule has 0 radical (unpaired) electrons. The van der Waals surface area contributed by atoms with E-state index in [-0.39, 0.29) is 10.8 Å². The molecule has 1 aromatic rings. The molecule has 0 bridgehead atoms. The van der Waals surface area contributed by atoms with Crippen LogP contribution in [-0.2, 0) is 6.54 Å². The lowest BCUT2D eigenvalue weighted by Crippen LogP contribution is -2.41. The molecular weight excluding hydrogens is 220 g/mol. The maximum atomic E-state index is 5.72. The third kappa shape index (κ3) is 2.12. The average molecular weight is 240 g/mol. The average Bonchev–Trinajstić information content (AvgIpc) is 2.89. The molecule has 1 aliphatic rings. The number of aryl methyl sites for hydroxylation is 1. The van der Waals surface area contributed by atoms with Crippen LogP contribution < -0.4 is 11.3 Å². The Bertz CT molecular complexity index is 344. The number of nitrogens with two attached hydrogens (primary N) is 1. The van der Waals surface area contributed by atoms with E-state index in [4.69, 9.17) is 5.84 Å². The van der Waals surface area contributed by atoms with Gasteiger partial charge < -0.3 is 0 Å². The van der Waals surface area contributed by atoms with Gasteiger partial charge in [-0.3, -0.25) is 16.0 Å². The summed E-state index contributed by atoms with van der Waals surface area (Å²) < 4.78 is 2.15. The van der Waals surface area contributed by atoms with Crippen molar-refractivity contribution in [2.75, 3.05) is 5.75 Å². The molecule has 0 saturated carbocycles. The molecule has 3 N–H and O–H groups in total. The van der Waals surface area contributed by atoms with Crippen molar-refractivity contribution in [1.29, 1.82) is 0 Å². The highest BCUT2D eigenvalue weighted by Crippen LogP contribution is 2.46. The monoisotopic (exact) mass is 240 g/mol. The number of nitrogens with one attached hydrogen (secondary N) is 1. The standard InChI is InChI=1S/C11H20N4S/c1-3-15-8-9(7-13-15)10(14-12)11(2)5-4-6-16-11/h7-8,10,14H,3-6,12H2,1-2H3. The van der Waals surface area contributed by atoms with Gasteiger partial charge in [0.2, 0.25) is 0 Å². The van der Waals surface area contributed by atoms with Crippen LogP contribution in [0.5, 0.6) is 0 Å². The highest BCUT2D eigenvalue weighted by Gasteiger charge is 2.38. The van der Waals surface area contributed by atoms with Crippen LogP contribution in [0.2, 0.25) is 0 Å². The molecule has 90 valence electrons. The second-order valence-corrected chi connectivity index (χ2v) is 6.12. The third-order valence-corrected chi connectivity index (χ3v) is 4.93. The summed E-state index contributed by atoms with van der Waals surface area (Å²) in [6, 6.07) is 0.195. The van der Waals surface area contributed by atoms with E-state index in [1.807, 2.05) is 22.6 Å². The Morgan fingerprint density at radius 2 is 2.56 bits per heavy atom. The fourth-order valence-corrected chi connectivity index (χ4v) is 3.77. The quantitative estimate of drug-likeness (QED) is 0.621. The Balaban J connectivity index is 2.21. The summed E-state index contributed by atoms with van der Waals surface area (Å²) in [5.74, 6) is 6.95. The van der Waals surface area contributed by atoms with Gasteiger partial charge in [-0.1, -0.05) is 0 Å². The van der Waals surface area contributed by atoms with E-state index in [2.05, 4.69) is 30.6 Å². The Hall–Kier alpha value is -0.520. The summed E-state index contributed by atoms with van der Waals surface area (Å²) in [5, 5.41) is 4.32. The van der Waals surface area contributed by atoms with E-state index in [0.29, 0.717) is 0 Å². The van der Waals surface area contributed by atoms with Crippen LogP contribution >= 0.6 is 11.8 Å². The molecule has 0 aliphatic carbocycles. The number of nitrogens with zero attached hydrogens (tertiary/aromatic N) is 2. The maximum absolute atomic E-state index is 5.72. The highest BCUT2D eigenvalue weighted by molar-refractivity contribution is 8.00. The number of thioether (sulfide) groups is 1. The summed E-state index contributed by atoms with van der Waals surface area (Å²) in [6.07, 6.45) is 6.51. The summed E-state index contributed by atoms with van der Waals surface area (Å²) in [5.41, 5.74) is 4.16. The van der Waals surface area contributed by atoms with Crippen LogP contribution in [0.4, 0.5) is 0 Å². The largest absolute Gasteiger partial charge is 0.273 e. The van der Waals surface area contributed by atoms with Crippen LogP contribution in [0.15, 0.2) is 12.4 Å². The van der Waals surface area contributed by atoms with Crippen molar-refractivity contribution in [3.8, 4) is 0 Å². The summed E-state index contributed by atoms with van der Waals surface area (Å²) >= 11 is 2.01. The smallest absolute Gasteiger partial charge is 0.0634 e. The van der Waals surface area contributed by atoms with Crippen LogP contribution in [-0.4, -0.2) is 20.3 Å². The predicted octanol–water partition coefficient (Wildman–Crippen LogP) is 1.69. The molecule has 4 nitrogen and oxygen atoms in total. The SMILES string of the molecule is CCn1cc(C(NN)C2(C)CCCS2)cn1. The van der Waals surface area contributed by atoms with Crippen molar-refractivity contribution < 1.29 is 0 Å². The molecule has 0 spiro atoms. The molecule has 1 saturated heterocycles. The van der Waals surface area contributed by atoms with Gasteiger partial charge in [-0.25, -0.2) is 0 Å². The first-order valence-corrected chi connectivity index (χ1v) is 6.80. The topological polar surface area (TPSA) is 55.9 Å². The van der Waals surface area contributed by atoms with Crippen molar-refractivity contribution >= 4 is 11.8 Å². The number of aromatic nitrogens is 2. The van der Waals surface area contributed by atoms with Gasteiger partial charge in [0.25, 0.3) is 0 Å². The van der Waals surface area contributed by atoms with Gasteiger partial charge in [0.1, 0.15) is 0 Å². The van der Waals surface area contributed by atoms with E-state index in [1.54, 1.807) is 0 Å². The molecule has 2 unspecified atom stereocenters. The van der Waals surface area contributed by atoms with Gasteiger partial charge in [-0.05, 0) is 32.4 Å². The van der Waals surface area contributed by atoms with E-state index >= 15 is 0 Å². The highest BCUT2D eigenvalue weighted by atomic mass is 32.2. The maximum Gasteiger partial charge on any atom is 0.0634 e. The normalized spacial score (nSPS) is 27.2. The van der Waals surface area contributed by atoms with Crippen molar-refractivity contribution in [3.05, 3.63) is 18.0 Å². The van der Waals surface area contributed by atoms with Crippen molar-refractivity contribution in [2.45, 2.75) is 44.0 Å². The second kappa shape index (κ2) is 4.77. The van der Waals surface area contributed by atoms with Crippen LogP contribution in [0.25, 0.3) is 0 Å². The predicted molar refractivity (Wildman–Crippen MR) is 68.1 cm³/mol. The van der Waals surface area contributed by atoms with E-state index in [1.165, 1.54) is 24.2 Å². The van der Waals surface area contributed by atoms with E-state index in [9.17, 15) is 0 Å². The molecule has 5 heteroatoms. The lowest BCUT2D eigenvalue weighted by molar-refractivity contribution is 0.420. The van der Waals surface area contributed by atoms with Gasteiger partial charge in [-0.15, -0.1) is 0 Å². The van der Waals surface area contributed by atoms with Crippen molar-refractivity contribution in [2.24, 2.45) is 5.84 Å². The molecular formula is C11H20N4S. The number of hydrogen-bond donors (Lipinski definition) is 2. The Morgan fingerprint density at radius 1 is 1.75 bits per heavy atom. The van der Waals surface area contributed by atoms with E-state index in [0.717, 1.165) is 6.54 Å². The lowest BCUT2D eigenvalue weighted by Gasteiger charge is -2.32. The zero-order chi connectivity index (χ0) is 11.6. The number of hydrogen-bond acceptors (Lipinski definition) is 4. The molecule has 2 rings (SSSR count). The molecule has 0 aromatic carbocycles. The molecule has 1 aliphatic heterocycles. The Morgan fingerprint density at radius 3 is 3.06 bits per heavy atom. The first kappa shape index (κ1) is 12.0. The first-order valence-electron chi connectivity index (χ1n) is 5.82. The summed E-state index contributed by atoms with van der Waals surface area (Å²) in [4.78, 5) is 0. The fraction of sp³-hybridized carbons (Fsp3) is 0.727. The summed E-state index contributed by atoms with van der Waals surface area (Å²) in [7, 11) is 0. The lowest BCUT2D eigenvalue weighted by atomic mass is 9.92. The van der Waals surface area contributed by atoms with Crippen LogP contribution in [0.3, 0.4) is 0 Å². The number of hydrazine groups is 1. The van der Waals surface area contributed by atoms with Crippen molar-refractivity contribution in [1.82, 2.24) is 15.2 Å².